The number of carbonyl (C=O) groups excluding carboxylic acids is 1. The van der Waals surface area contributed by atoms with Gasteiger partial charge in [0.2, 0.25) is 11.7 Å². The number of anilines is 1. The summed E-state index contributed by atoms with van der Waals surface area (Å²) in [4.78, 5) is 20.7. The van der Waals surface area contributed by atoms with Gasteiger partial charge in [0.05, 0.1) is 41.4 Å². The molecule has 0 spiro atoms. The Hall–Kier alpha value is -3.72. The van der Waals surface area contributed by atoms with Crippen LogP contribution in [0.5, 0.6) is 0 Å². The topological polar surface area (TPSA) is 140 Å². The summed E-state index contributed by atoms with van der Waals surface area (Å²) in [6.45, 7) is -0.216. The Kier molecular flexibility index (Phi) is 8.18. The second kappa shape index (κ2) is 11.6. The van der Waals surface area contributed by atoms with Crippen molar-refractivity contribution in [3.05, 3.63) is 41.1 Å². The summed E-state index contributed by atoms with van der Waals surface area (Å²) in [6, 6.07) is 4.52. The highest BCUT2D eigenvalue weighted by Crippen LogP contribution is 2.44. The van der Waals surface area contributed by atoms with Crippen molar-refractivity contribution in [2.45, 2.75) is 62.7 Å². The number of hydrogen-bond acceptors (Lipinski definition) is 10. The standard InChI is InChI=1S/C26H29F4N7O3S/c1-32-10-15(23(31)39-2)25(38)33-11-19-36-24(37-40-19)22-14(9-26(28,29)30)13-4-3-5-17(21(13)41-22)35-18-8-12-6-7-16(34-12)20(18)27/h3-5,10,12,16,18,20,34-35H,6-9,11,31H2,1-2H3,(H,33,38)/b23-15-,32-10?/t12-,16-,18-,20+/m1/s1. The van der Waals surface area contributed by atoms with E-state index in [0.717, 1.165) is 24.2 Å². The lowest BCUT2D eigenvalue weighted by molar-refractivity contribution is -0.126. The molecule has 1 amide bonds. The second-order valence-corrected chi connectivity index (χ2v) is 10.9. The molecule has 2 aliphatic rings. The van der Waals surface area contributed by atoms with Crippen LogP contribution in [-0.2, 0) is 22.5 Å². The summed E-state index contributed by atoms with van der Waals surface area (Å²) in [5, 5.41) is 13.4. The Labute approximate surface area is 236 Å². The Bertz CT molecular complexity index is 1490. The van der Waals surface area contributed by atoms with Gasteiger partial charge in [-0.05, 0) is 36.3 Å². The monoisotopic (exact) mass is 595 g/mol. The number of ether oxygens (including phenoxy) is 1. The number of fused-ring (bicyclic) bond motifs is 3. The SMILES string of the molecule is CN=C/C(C(=O)NCc1nc(-c2sc3c(N[C@@H]4C[C@H]5CC[C@@H](N5)[C@@H]4F)cccc3c2CC(F)(F)F)no1)=C(\N)OC. The van der Waals surface area contributed by atoms with Gasteiger partial charge in [-0.1, -0.05) is 17.3 Å². The summed E-state index contributed by atoms with van der Waals surface area (Å²) in [7, 11) is 2.75. The molecular formula is C26H29F4N7O3S. The molecule has 220 valence electrons. The van der Waals surface area contributed by atoms with Gasteiger partial charge in [-0.25, -0.2) is 4.39 Å². The van der Waals surface area contributed by atoms with Crippen LogP contribution in [0.2, 0.25) is 0 Å². The first-order valence-electron chi connectivity index (χ1n) is 12.9. The van der Waals surface area contributed by atoms with Crippen molar-refractivity contribution in [3.63, 3.8) is 0 Å². The molecule has 41 heavy (non-hydrogen) atoms. The number of nitrogens with two attached hydrogens (primary N) is 1. The van der Waals surface area contributed by atoms with Crippen LogP contribution in [-0.4, -0.2) is 66.9 Å². The fourth-order valence-corrected chi connectivity index (χ4v) is 6.55. The molecule has 4 heterocycles. The van der Waals surface area contributed by atoms with E-state index in [1.54, 1.807) is 18.2 Å². The number of benzene rings is 1. The van der Waals surface area contributed by atoms with Crippen LogP contribution in [0.3, 0.4) is 0 Å². The zero-order chi connectivity index (χ0) is 29.3. The van der Waals surface area contributed by atoms with E-state index in [0.29, 0.717) is 22.2 Å². The third-order valence-corrected chi connectivity index (χ3v) is 8.46. The van der Waals surface area contributed by atoms with Crippen molar-refractivity contribution < 1.29 is 31.6 Å². The molecule has 0 aliphatic carbocycles. The van der Waals surface area contributed by atoms with E-state index >= 15 is 4.39 Å². The number of amides is 1. The van der Waals surface area contributed by atoms with Crippen LogP contribution in [0.25, 0.3) is 20.8 Å². The average Bonchev–Trinajstić information content (AvgIpc) is 3.66. The number of aliphatic imine (C=N–C) groups is 1. The van der Waals surface area contributed by atoms with Crippen LogP contribution in [0.1, 0.15) is 30.7 Å². The molecule has 10 nitrogen and oxygen atoms in total. The molecule has 5 rings (SSSR count). The number of halogens is 4. The number of aromatic nitrogens is 2. The van der Waals surface area contributed by atoms with Gasteiger partial charge < -0.3 is 30.9 Å². The fraction of sp³-hybridized carbons (Fsp3) is 0.462. The summed E-state index contributed by atoms with van der Waals surface area (Å²) >= 11 is 1.08. The highest BCUT2D eigenvalue weighted by Gasteiger charge is 2.42. The molecule has 5 N–H and O–H groups in total. The van der Waals surface area contributed by atoms with Crippen molar-refractivity contribution >= 4 is 39.2 Å². The molecule has 3 aromatic rings. The number of nitrogens with zero attached hydrogens (tertiary/aromatic N) is 3. The van der Waals surface area contributed by atoms with Gasteiger partial charge in [-0.3, -0.25) is 9.79 Å². The molecule has 0 saturated carbocycles. The first-order chi connectivity index (χ1) is 19.6. The summed E-state index contributed by atoms with van der Waals surface area (Å²) in [5.74, 6) is -0.855. The number of nitrogens with one attached hydrogen (secondary N) is 3. The van der Waals surface area contributed by atoms with E-state index in [4.69, 9.17) is 15.0 Å². The summed E-state index contributed by atoms with van der Waals surface area (Å²) in [5.41, 5.74) is 6.22. The van der Waals surface area contributed by atoms with Gasteiger partial charge in [0.15, 0.2) is 5.88 Å². The van der Waals surface area contributed by atoms with Gasteiger partial charge in [0.1, 0.15) is 11.7 Å². The third kappa shape index (κ3) is 6.15. The van der Waals surface area contributed by atoms with Gasteiger partial charge in [-0.2, -0.15) is 18.2 Å². The van der Waals surface area contributed by atoms with Crippen LogP contribution >= 0.6 is 11.3 Å². The molecule has 2 aromatic heterocycles. The summed E-state index contributed by atoms with van der Waals surface area (Å²) < 4.78 is 66.9. The van der Waals surface area contributed by atoms with Crippen molar-refractivity contribution in [2.75, 3.05) is 19.5 Å². The Morgan fingerprint density at radius 3 is 2.90 bits per heavy atom. The molecule has 4 atom stereocenters. The van der Waals surface area contributed by atoms with E-state index in [1.165, 1.54) is 20.4 Å². The zero-order valence-electron chi connectivity index (χ0n) is 22.2. The first-order valence-corrected chi connectivity index (χ1v) is 13.7. The smallest absolute Gasteiger partial charge is 0.393 e. The minimum atomic E-state index is -4.50. The number of hydrogen-bond donors (Lipinski definition) is 4. The quantitative estimate of drug-likeness (QED) is 0.127. The molecule has 2 saturated heterocycles. The van der Waals surface area contributed by atoms with E-state index < -0.39 is 30.7 Å². The number of alkyl halides is 4. The van der Waals surface area contributed by atoms with Crippen LogP contribution in [0.4, 0.5) is 23.2 Å². The third-order valence-electron chi connectivity index (χ3n) is 7.18. The molecule has 1 aromatic carbocycles. The number of piperidine rings is 1. The lowest BCUT2D eigenvalue weighted by Crippen LogP contribution is -2.52. The highest BCUT2D eigenvalue weighted by atomic mass is 32.1. The molecule has 2 bridgehead atoms. The average molecular weight is 596 g/mol. The highest BCUT2D eigenvalue weighted by molar-refractivity contribution is 7.23. The number of carbonyl (C=O) groups is 1. The Morgan fingerprint density at radius 2 is 2.17 bits per heavy atom. The van der Waals surface area contributed by atoms with Crippen molar-refractivity contribution in [1.29, 1.82) is 0 Å². The molecule has 0 unspecified atom stereocenters. The molecule has 0 radical (unpaired) electrons. The molecular weight excluding hydrogens is 566 g/mol. The molecule has 15 heteroatoms. The lowest BCUT2D eigenvalue weighted by atomic mass is 9.97. The zero-order valence-corrected chi connectivity index (χ0v) is 23.0. The number of thiophene rings is 1. The maximum Gasteiger partial charge on any atom is 0.393 e. The maximum atomic E-state index is 15.1. The predicted octanol–water partition coefficient (Wildman–Crippen LogP) is 3.83. The molecule has 2 aliphatic heterocycles. The largest absolute Gasteiger partial charge is 0.482 e. The fourth-order valence-electron chi connectivity index (χ4n) is 5.33. The Morgan fingerprint density at radius 1 is 1.37 bits per heavy atom. The van der Waals surface area contributed by atoms with Gasteiger partial charge in [0.25, 0.3) is 5.91 Å². The van der Waals surface area contributed by atoms with E-state index in [2.05, 4.69) is 31.1 Å². The number of rotatable bonds is 9. The predicted molar refractivity (Wildman–Crippen MR) is 146 cm³/mol. The lowest BCUT2D eigenvalue weighted by Gasteiger charge is -2.34. The van der Waals surface area contributed by atoms with Crippen molar-refractivity contribution in [1.82, 2.24) is 20.8 Å². The van der Waals surface area contributed by atoms with E-state index in [-0.39, 0.29) is 52.2 Å². The van der Waals surface area contributed by atoms with Gasteiger partial charge in [0, 0.05) is 25.3 Å². The van der Waals surface area contributed by atoms with Crippen LogP contribution < -0.4 is 21.7 Å². The second-order valence-electron chi connectivity index (χ2n) is 9.93. The van der Waals surface area contributed by atoms with Crippen molar-refractivity contribution in [3.8, 4) is 10.7 Å². The van der Waals surface area contributed by atoms with Crippen LogP contribution in [0, 0.1) is 0 Å². The first kappa shape index (κ1) is 28.8. The number of methoxy groups -OCH3 is 1. The Balaban J connectivity index is 1.43. The van der Waals surface area contributed by atoms with Gasteiger partial charge >= 0.3 is 6.18 Å². The van der Waals surface area contributed by atoms with Crippen LogP contribution in [0.15, 0.2) is 39.2 Å². The minimum Gasteiger partial charge on any atom is -0.482 e. The molecule has 2 fully saturated rings. The van der Waals surface area contributed by atoms with Gasteiger partial charge in [-0.15, -0.1) is 11.3 Å². The van der Waals surface area contributed by atoms with E-state index in [9.17, 15) is 18.0 Å². The maximum absolute atomic E-state index is 15.1. The minimum absolute atomic E-state index is 0.00282. The van der Waals surface area contributed by atoms with E-state index in [1.807, 2.05) is 0 Å². The summed E-state index contributed by atoms with van der Waals surface area (Å²) in [6.07, 6.45) is -3.37. The van der Waals surface area contributed by atoms with Crippen molar-refractivity contribution in [2.24, 2.45) is 10.7 Å². The normalized spacial score (nSPS) is 23.2.